The molecule has 0 radical (unpaired) electrons. The van der Waals surface area contributed by atoms with Crippen LogP contribution in [0.25, 0.3) is 0 Å². The third-order valence-electron chi connectivity index (χ3n) is 3.96. The van der Waals surface area contributed by atoms with E-state index in [1.807, 2.05) is 0 Å². The molecule has 2 aliphatic rings. The standard InChI is InChI=1S/C12H14N2O9/c15-2-3-1-14(12(21)13-3)10-6(18)8-7(23-10)4(16)5(17)9(22-8)11(19)20/h1-2,4-10,16-18H,(H,13,21)(H,19,20)/t4-,5+,6-,7?,8?,9+,10-/m1/s1. The lowest BCUT2D eigenvalue weighted by molar-refractivity contribution is -0.224. The molecule has 1 aromatic rings. The van der Waals surface area contributed by atoms with E-state index in [1.54, 1.807) is 0 Å². The Morgan fingerprint density at radius 1 is 1.17 bits per heavy atom. The van der Waals surface area contributed by atoms with Crippen molar-refractivity contribution in [3.05, 3.63) is 22.4 Å². The number of nitrogens with zero attached hydrogens (tertiary/aromatic N) is 1. The molecule has 7 atom stereocenters. The fourth-order valence-corrected chi connectivity index (χ4v) is 2.84. The van der Waals surface area contributed by atoms with Crippen LogP contribution in [0.1, 0.15) is 16.7 Å². The highest BCUT2D eigenvalue weighted by atomic mass is 16.6. The third kappa shape index (κ3) is 2.38. The van der Waals surface area contributed by atoms with E-state index in [1.165, 1.54) is 0 Å². The Bertz CT molecular complexity index is 682. The number of rotatable bonds is 3. The monoisotopic (exact) mass is 330 g/mol. The number of imidazole rings is 1. The number of carboxylic acids is 1. The van der Waals surface area contributed by atoms with E-state index in [2.05, 4.69) is 4.98 Å². The maximum absolute atomic E-state index is 11.8. The Balaban J connectivity index is 1.91. The van der Waals surface area contributed by atoms with Crippen molar-refractivity contribution < 1.29 is 39.5 Å². The van der Waals surface area contributed by atoms with Crippen molar-refractivity contribution in [2.75, 3.05) is 0 Å². The first-order chi connectivity index (χ1) is 10.8. The molecule has 2 fully saturated rings. The van der Waals surface area contributed by atoms with Crippen LogP contribution in [0.3, 0.4) is 0 Å². The zero-order valence-electron chi connectivity index (χ0n) is 11.5. The summed E-state index contributed by atoms with van der Waals surface area (Å²) in [5, 5.41) is 39.0. The molecule has 11 heteroatoms. The van der Waals surface area contributed by atoms with E-state index in [-0.39, 0.29) is 5.69 Å². The smallest absolute Gasteiger partial charge is 0.335 e. The average Bonchev–Trinajstić information content (AvgIpc) is 3.03. The number of hydrogen-bond donors (Lipinski definition) is 5. The normalized spacial score (nSPS) is 39.9. The van der Waals surface area contributed by atoms with E-state index < -0.39 is 54.5 Å². The van der Waals surface area contributed by atoms with Crippen LogP contribution < -0.4 is 5.69 Å². The number of H-pyrrole nitrogens is 1. The van der Waals surface area contributed by atoms with Gasteiger partial charge in [0.15, 0.2) is 18.6 Å². The lowest BCUT2D eigenvalue weighted by Crippen LogP contribution is -2.60. The van der Waals surface area contributed by atoms with Crippen molar-refractivity contribution in [1.82, 2.24) is 9.55 Å². The zero-order chi connectivity index (χ0) is 16.9. The Hall–Kier alpha value is -2.05. The summed E-state index contributed by atoms with van der Waals surface area (Å²) in [5.41, 5.74) is -0.787. The van der Waals surface area contributed by atoms with Crippen LogP contribution in [-0.4, -0.2) is 78.9 Å². The number of aliphatic hydroxyl groups excluding tert-OH is 3. The summed E-state index contributed by atoms with van der Waals surface area (Å²) in [6.45, 7) is 0. The Morgan fingerprint density at radius 2 is 1.83 bits per heavy atom. The topological polar surface area (TPSA) is 171 Å². The molecule has 23 heavy (non-hydrogen) atoms. The number of hydrogen-bond acceptors (Lipinski definition) is 8. The van der Waals surface area contributed by atoms with Crippen LogP contribution in [0.5, 0.6) is 0 Å². The molecule has 1 aromatic heterocycles. The number of carbonyl (C=O) groups excluding carboxylic acids is 1. The molecular formula is C12H14N2O9. The number of aliphatic carboxylic acids is 1. The minimum absolute atomic E-state index is 0.0504. The fourth-order valence-electron chi connectivity index (χ4n) is 2.84. The molecule has 0 spiro atoms. The predicted octanol–water partition coefficient (Wildman–Crippen LogP) is -3.18. The maximum atomic E-state index is 11.8. The van der Waals surface area contributed by atoms with Crippen LogP contribution in [0.2, 0.25) is 0 Å². The first-order valence-corrected chi connectivity index (χ1v) is 6.69. The molecule has 2 saturated heterocycles. The summed E-state index contributed by atoms with van der Waals surface area (Å²) < 4.78 is 11.4. The summed E-state index contributed by atoms with van der Waals surface area (Å²) in [5.74, 6) is -1.51. The summed E-state index contributed by atoms with van der Waals surface area (Å²) in [4.78, 5) is 35.7. The van der Waals surface area contributed by atoms with Gasteiger partial charge in [0.25, 0.3) is 0 Å². The molecule has 11 nitrogen and oxygen atoms in total. The number of aromatic amines is 1. The van der Waals surface area contributed by atoms with Crippen molar-refractivity contribution >= 4 is 12.3 Å². The quantitative estimate of drug-likeness (QED) is 0.358. The molecule has 0 saturated carbocycles. The van der Waals surface area contributed by atoms with Gasteiger partial charge in [0.1, 0.15) is 30.5 Å². The third-order valence-corrected chi connectivity index (χ3v) is 3.96. The second-order valence-electron chi connectivity index (χ2n) is 5.36. The first kappa shape index (κ1) is 15.8. The Morgan fingerprint density at radius 3 is 2.39 bits per heavy atom. The van der Waals surface area contributed by atoms with Gasteiger partial charge >= 0.3 is 11.7 Å². The summed E-state index contributed by atoms with van der Waals surface area (Å²) >= 11 is 0. The highest BCUT2D eigenvalue weighted by Gasteiger charge is 2.57. The Labute approximate surface area is 127 Å². The molecule has 126 valence electrons. The lowest BCUT2D eigenvalue weighted by atomic mass is 9.94. The number of ether oxygens (including phenoxy) is 2. The van der Waals surface area contributed by atoms with E-state index in [4.69, 9.17) is 14.6 Å². The van der Waals surface area contributed by atoms with Gasteiger partial charge in [0.2, 0.25) is 0 Å². The number of aromatic nitrogens is 2. The highest BCUT2D eigenvalue weighted by Crippen LogP contribution is 2.37. The van der Waals surface area contributed by atoms with E-state index >= 15 is 0 Å². The summed E-state index contributed by atoms with van der Waals surface area (Å²) in [6.07, 6.45) is -8.92. The van der Waals surface area contributed by atoms with Crippen molar-refractivity contribution in [3.8, 4) is 0 Å². The molecular weight excluding hydrogens is 316 g/mol. The fraction of sp³-hybridized carbons (Fsp3) is 0.583. The second kappa shape index (κ2) is 5.54. The van der Waals surface area contributed by atoms with E-state index in [9.17, 15) is 29.7 Å². The van der Waals surface area contributed by atoms with Gasteiger partial charge < -0.3 is 34.9 Å². The largest absolute Gasteiger partial charge is 0.479 e. The molecule has 2 aliphatic heterocycles. The van der Waals surface area contributed by atoms with E-state index in [0.717, 1.165) is 10.8 Å². The van der Waals surface area contributed by atoms with Crippen molar-refractivity contribution in [2.45, 2.75) is 42.9 Å². The van der Waals surface area contributed by atoms with Crippen LogP contribution in [0.4, 0.5) is 0 Å². The van der Waals surface area contributed by atoms with Crippen LogP contribution in [0.15, 0.2) is 11.0 Å². The van der Waals surface area contributed by atoms with Gasteiger partial charge in [-0.3, -0.25) is 9.36 Å². The van der Waals surface area contributed by atoms with Gasteiger partial charge in [-0.15, -0.1) is 0 Å². The minimum atomic E-state index is -1.76. The molecule has 3 heterocycles. The molecule has 2 unspecified atom stereocenters. The van der Waals surface area contributed by atoms with E-state index in [0.29, 0.717) is 6.29 Å². The molecule has 0 aliphatic carbocycles. The predicted molar refractivity (Wildman–Crippen MR) is 68.7 cm³/mol. The van der Waals surface area contributed by atoms with Crippen molar-refractivity contribution in [2.24, 2.45) is 0 Å². The number of aldehydes is 1. The summed E-state index contributed by atoms with van der Waals surface area (Å²) in [7, 11) is 0. The zero-order valence-corrected chi connectivity index (χ0v) is 11.5. The van der Waals surface area contributed by atoms with Crippen LogP contribution >= 0.6 is 0 Å². The molecule has 0 amide bonds. The molecule has 5 N–H and O–H groups in total. The van der Waals surface area contributed by atoms with Gasteiger partial charge in [-0.2, -0.15) is 0 Å². The summed E-state index contributed by atoms with van der Waals surface area (Å²) in [6, 6.07) is 0. The van der Waals surface area contributed by atoms with Gasteiger partial charge in [-0.1, -0.05) is 0 Å². The SMILES string of the molecule is O=Cc1cn([C@@H]2OC3C(O[C@H](C(=O)O)[C@@H](O)[C@H]3O)[C@H]2O)c(=O)[nH]1. The van der Waals surface area contributed by atoms with Gasteiger partial charge in [-0.05, 0) is 0 Å². The van der Waals surface area contributed by atoms with Gasteiger partial charge in [-0.25, -0.2) is 9.59 Å². The number of carboxylic acid groups (broad SMARTS) is 1. The molecule has 0 bridgehead atoms. The maximum Gasteiger partial charge on any atom is 0.335 e. The second-order valence-corrected chi connectivity index (χ2v) is 5.36. The average molecular weight is 330 g/mol. The number of aliphatic hydroxyl groups is 3. The Kier molecular flexibility index (Phi) is 3.82. The molecule has 3 rings (SSSR count). The van der Waals surface area contributed by atoms with Crippen molar-refractivity contribution in [1.29, 1.82) is 0 Å². The minimum Gasteiger partial charge on any atom is -0.479 e. The van der Waals surface area contributed by atoms with Crippen LogP contribution in [-0.2, 0) is 14.3 Å². The number of fused-ring (bicyclic) bond motifs is 1. The number of carbonyl (C=O) groups is 2. The lowest BCUT2D eigenvalue weighted by Gasteiger charge is -2.37. The molecule has 0 aromatic carbocycles. The van der Waals surface area contributed by atoms with Crippen molar-refractivity contribution in [3.63, 3.8) is 0 Å². The van der Waals surface area contributed by atoms with Gasteiger partial charge in [0, 0.05) is 6.20 Å². The highest BCUT2D eigenvalue weighted by molar-refractivity contribution is 5.73. The van der Waals surface area contributed by atoms with Gasteiger partial charge in [0.05, 0.1) is 5.69 Å². The first-order valence-electron chi connectivity index (χ1n) is 6.69. The van der Waals surface area contributed by atoms with Crippen LogP contribution in [0, 0.1) is 0 Å². The number of nitrogens with one attached hydrogen (secondary N) is 1.